The fourth-order valence-corrected chi connectivity index (χ4v) is 14.9. The first-order chi connectivity index (χ1) is 44.0. The monoisotopic (exact) mass is 1340 g/mol. The average Bonchev–Trinajstić information content (AvgIpc) is 1.68. The molecule has 0 amide bonds. The van der Waals surface area contributed by atoms with Gasteiger partial charge >= 0.3 is 0 Å². The van der Waals surface area contributed by atoms with Gasteiger partial charge in [0.1, 0.15) is 17.2 Å². The van der Waals surface area contributed by atoms with Crippen LogP contribution in [0.3, 0.4) is 0 Å². The number of fused-ring (bicyclic) bond motifs is 3. The summed E-state index contributed by atoms with van der Waals surface area (Å²) in [5.41, 5.74) is 9.45. The summed E-state index contributed by atoms with van der Waals surface area (Å²) in [5, 5.41) is 24.7. The third kappa shape index (κ3) is 19.9. The number of ether oxygens (including phenoxy) is 3. The summed E-state index contributed by atoms with van der Waals surface area (Å²) in [6.07, 6.45) is 22.0. The zero-order valence-electron chi connectivity index (χ0n) is 55.7. The van der Waals surface area contributed by atoms with Gasteiger partial charge in [-0.3, -0.25) is 9.80 Å². The number of thiophene rings is 2. The number of likely N-dealkylation sites (tertiary alicyclic amines) is 2. The lowest BCUT2D eigenvalue weighted by molar-refractivity contribution is 0.173. The number of hydrogen-bond acceptors (Lipinski definition) is 17. The van der Waals surface area contributed by atoms with Crippen LogP contribution in [0.15, 0.2) is 85.0 Å². The third-order valence-electron chi connectivity index (χ3n) is 19.4. The predicted octanol–water partition coefficient (Wildman–Crippen LogP) is 15.6. The Morgan fingerprint density at radius 3 is 1.05 bits per heavy atom. The van der Waals surface area contributed by atoms with E-state index in [0.717, 1.165) is 204 Å². The first-order valence-electron chi connectivity index (χ1n) is 34.2. The zero-order chi connectivity index (χ0) is 61.8. The van der Waals surface area contributed by atoms with Crippen molar-refractivity contribution in [3.63, 3.8) is 0 Å². The number of hydrogen-bond donors (Lipinski definition) is 1. The summed E-state index contributed by atoms with van der Waals surface area (Å²) in [7, 11) is 12.5. The summed E-state index contributed by atoms with van der Waals surface area (Å²) in [4.78, 5) is 14.7. The summed E-state index contributed by atoms with van der Waals surface area (Å²) in [6.45, 7) is 14.2. The lowest BCUT2D eigenvalue weighted by Crippen LogP contribution is -2.33. The van der Waals surface area contributed by atoms with E-state index in [-0.39, 0.29) is 24.8 Å². The quantitative estimate of drug-likeness (QED) is 0.0498. The number of halogens is 2. The van der Waals surface area contributed by atoms with Crippen LogP contribution in [0.25, 0.3) is 32.9 Å². The van der Waals surface area contributed by atoms with E-state index in [1.54, 1.807) is 0 Å². The summed E-state index contributed by atoms with van der Waals surface area (Å²) < 4.78 is 36.0. The Morgan fingerprint density at radius 1 is 0.435 bits per heavy atom. The molecule has 6 fully saturated rings. The van der Waals surface area contributed by atoms with Crippen LogP contribution < -0.4 is 19.5 Å². The number of nitrogens with zero attached hydrogens (tertiary/aromatic N) is 8. The van der Waals surface area contributed by atoms with Gasteiger partial charge in [-0.05, 0) is 292 Å². The van der Waals surface area contributed by atoms with E-state index < -0.39 is 0 Å². The Morgan fingerprint density at radius 2 is 0.761 bits per heavy atom. The van der Waals surface area contributed by atoms with Crippen molar-refractivity contribution in [2.24, 2.45) is 35.5 Å². The van der Waals surface area contributed by atoms with E-state index in [1.807, 2.05) is 22.7 Å². The second kappa shape index (κ2) is 34.2. The molecule has 3 aromatic carbocycles. The molecule has 92 heavy (non-hydrogen) atoms. The lowest BCUT2D eigenvalue weighted by Gasteiger charge is -2.31. The van der Waals surface area contributed by atoms with E-state index in [4.69, 9.17) is 27.8 Å². The van der Waals surface area contributed by atoms with Crippen LogP contribution in [0.5, 0.6) is 17.2 Å². The Balaban J connectivity index is 0.000000151. The van der Waals surface area contributed by atoms with Crippen molar-refractivity contribution in [1.29, 1.82) is 0 Å². The maximum atomic E-state index is 6.16. The molecule has 1 N–H and O–H groups in total. The standard InChI is InChI=1S/2C26H35N3O2S.C21H31N3O2.2ClH/c2*1-28(2)17-23-25(30-18-20-5-6-20)10-8-22-24(27-31-26(22)23)9-7-19-11-13-29(14-12-19)16-21-4-3-15-32-21;1-24(2)13-18-20(25-14-16-3-4-16)8-6-17-19(23-26-21(17)18)7-5-15-9-11-22-12-10-15;;/h2*3-4,8,10,15,19-20H,5-7,9,11-14,16-18H2,1-2H3;6,8,15-16,22H,3-5,7,9-14H2,1-2H3;2*1H. The molecule has 14 rings (SSSR count). The van der Waals surface area contributed by atoms with Crippen LogP contribution in [0, 0.1) is 35.5 Å². The van der Waals surface area contributed by atoms with Gasteiger partial charge in [-0.15, -0.1) is 47.5 Å². The molecule has 8 aromatic rings. The molecule has 19 heteroatoms. The largest absolute Gasteiger partial charge is 0.493 e. The highest BCUT2D eigenvalue weighted by molar-refractivity contribution is 7.10. The minimum Gasteiger partial charge on any atom is -0.493 e. The Bertz CT molecular complexity index is 3300. The van der Waals surface area contributed by atoms with Gasteiger partial charge in [0.05, 0.1) is 53.6 Å². The Kier molecular flexibility index (Phi) is 26.1. The fraction of sp³-hybridized carbons (Fsp3) is 0.603. The van der Waals surface area contributed by atoms with Gasteiger partial charge in [0.25, 0.3) is 0 Å². The number of aryl methyl sites for hydroxylation is 3. The minimum atomic E-state index is 0. The van der Waals surface area contributed by atoms with E-state index >= 15 is 0 Å². The molecule has 8 heterocycles. The maximum absolute atomic E-state index is 6.16. The van der Waals surface area contributed by atoms with Gasteiger partial charge in [-0.2, -0.15) is 0 Å². The molecule has 3 saturated carbocycles. The average molecular weight is 1340 g/mol. The summed E-state index contributed by atoms with van der Waals surface area (Å²) >= 11 is 3.74. The molecular weight excluding hydrogens is 1230 g/mol. The highest BCUT2D eigenvalue weighted by atomic mass is 35.5. The molecule has 5 aromatic heterocycles. The second-order valence-electron chi connectivity index (χ2n) is 28.0. The molecular formula is C73H103Cl2N9O6S2. The molecule has 3 saturated heterocycles. The van der Waals surface area contributed by atoms with Crippen molar-refractivity contribution in [2.75, 3.05) is 101 Å². The molecule has 3 aliphatic heterocycles. The molecule has 0 bridgehead atoms. The van der Waals surface area contributed by atoms with E-state index in [2.05, 4.69) is 159 Å². The predicted molar refractivity (Wildman–Crippen MR) is 379 cm³/mol. The zero-order valence-corrected chi connectivity index (χ0v) is 58.9. The number of rotatable bonds is 28. The molecule has 15 nitrogen and oxygen atoms in total. The van der Waals surface area contributed by atoms with Crippen LogP contribution >= 0.6 is 47.5 Å². The molecule has 0 spiro atoms. The molecule has 6 aliphatic rings. The SMILES string of the molecule is CN(C)Cc1c(OCC2CC2)ccc2c(CCC3CCN(Cc4cccs4)CC3)noc12.CN(C)Cc1c(OCC2CC2)ccc2c(CCC3CCN(Cc4cccs4)CC3)noc12.CN(C)Cc1c(OCC2CC2)ccc2c(CCC3CCNCC3)noc12.Cl.Cl. The second-order valence-corrected chi connectivity index (χ2v) is 30.1. The van der Waals surface area contributed by atoms with Gasteiger partial charge in [-0.25, -0.2) is 0 Å². The molecule has 0 atom stereocenters. The van der Waals surface area contributed by atoms with Crippen molar-refractivity contribution in [3.8, 4) is 17.2 Å². The normalized spacial score (nSPS) is 17.9. The maximum Gasteiger partial charge on any atom is 0.175 e. The Labute approximate surface area is 567 Å². The highest BCUT2D eigenvalue weighted by Crippen LogP contribution is 2.39. The molecule has 0 radical (unpaired) electrons. The molecule has 0 unspecified atom stereocenters. The minimum absolute atomic E-state index is 0. The first-order valence-corrected chi connectivity index (χ1v) is 36.0. The van der Waals surface area contributed by atoms with Crippen LogP contribution in [0.2, 0.25) is 0 Å². The van der Waals surface area contributed by atoms with Gasteiger partial charge in [0, 0.05) is 58.6 Å². The number of aromatic nitrogens is 3. The summed E-state index contributed by atoms with van der Waals surface area (Å²) in [6, 6.07) is 21.7. The highest BCUT2D eigenvalue weighted by Gasteiger charge is 2.29. The molecule has 502 valence electrons. The number of benzene rings is 3. The van der Waals surface area contributed by atoms with Crippen molar-refractivity contribution in [3.05, 3.63) is 115 Å². The van der Waals surface area contributed by atoms with Crippen LogP contribution in [0.4, 0.5) is 0 Å². The first kappa shape index (κ1) is 70.0. The van der Waals surface area contributed by atoms with Crippen LogP contribution in [-0.2, 0) is 52.0 Å². The summed E-state index contributed by atoms with van der Waals surface area (Å²) in [5.74, 6) is 7.46. The molecule has 3 aliphatic carbocycles. The third-order valence-corrected chi connectivity index (χ3v) is 21.1. The van der Waals surface area contributed by atoms with E-state index in [1.165, 1.54) is 132 Å². The van der Waals surface area contributed by atoms with Crippen LogP contribution in [0.1, 0.15) is 140 Å². The van der Waals surface area contributed by atoms with Gasteiger partial charge in [-0.1, -0.05) is 27.6 Å². The van der Waals surface area contributed by atoms with Crippen molar-refractivity contribution < 1.29 is 27.8 Å². The van der Waals surface area contributed by atoms with Crippen molar-refractivity contribution in [2.45, 2.75) is 148 Å². The number of piperidine rings is 3. The lowest BCUT2D eigenvalue weighted by atomic mass is 9.91. The fourth-order valence-electron chi connectivity index (χ4n) is 13.4. The van der Waals surface area contributed by atoms with Gasteiger partial charge < -0.3 is 47.8 Å². The topological polar surface area (TPSA) is 134 Å². The smallest absolute Gasteiger partial charge is 0.175 e. The van der Waals surface area contributed by atoms with Crippen molar-refractivity contribution >= 4 is 80.4 Å². The number of nitrogens with one attached hydrogen (secondary N) is 1. The van der Waals surface area contributed by atoms with E-state index in [9.17, 15) is 0 Å². The Hall–Kier alpha value is -4.79. The van der Waals surface area contributed by atoms with Gasteiger partial charge in [0.15, 0.2) is 16.7 Å². The van der Waals surface area contributed by atoms with Crippen molar-refractivity contribution in [1.82, 2.24) is 45.3 Å². The van der Waals surface area contributed by atoms with E-state index in [0.29, 0.717) is 0 Å². The van der Waals surface area contributed by atoms with Crippen LogP contribution in [-0.4, -0.2) is 141 Å². The van der Waals surface area contributed by atoms with Gasteiger partial charge in [0.2, 0.25) is 0 Å².